The summed E-state index contributed by atoms with van der Waals surface area (Å²) in [7, 11) is 0. The van der Waals surface area contributed by atoms with E-state index in [0.717, 1.165) is 17.1 Å². The zero-order chi connectivity index (χ0) is 11.6. The van der Waals surface area contributed by atoms with Gasteiger partial charge in [-0.15, -0.1) is 0 Å². The Balaban J connectivity index is 2.17. The third-order valence-corrected chi connectivity index (χ3v) is 2.08. The second kappa shape index (κ2) is 4.05. The van der Waals surface area contributed by atoms with Gasteiger partial charge >= 0.3 is 0 Å². The van der Waals surface area contributed by atoms with Crippen LogP contribution in [-0.2, 0) is 0 Å². The Kier molecular flexibility index (Phi) is 2.73. The molecule has 0 N–H and O–H groups in total. The van der Waals surface area contributed by atoms with Gasteiger partial charge in [0.25, 0.3) is 0 Å². The van der Waals surface area contributed by atoms with E-state index in [9.17, 15) is 0 Å². The van der Waals surface area contributed by atoms with E-state index in [4.69, 9.17) is 9.15 Å². The van der Waals surface area contributed by atoms with Gasteiger partial charge in [-0.2, -0.15) is 0 Å². The molecule has 0 unspecified atom stereocenters. The van der Waals surface area contributed by atoms with Crippen LogP contribution in [0.2, 0.25) is 0 Å². The van der Waals surface area contributed by atoms with E-state index in [1.54, 1.807) is 6.26 Å². The fraction of sp³-hybridized carbons (Fsp3) is 0.286. The third kappa shape index (κ3) is 2.66. The standard InChI is InChI=1S/C14H16O2/c1-14(2,3)16-12-8-6-11(7-9-12)13-5-4-10-15-13/h4-10H,1-3H3. The molecule has 0 radical (unpaired) electrons. The summed E-state index contributed by atoms with van der Waals surface area (Å²) in [6.07, 6.45) is 1.68. The van der Waals surface area contributed by atoms with E-state index < -0.39 is 0 Å². The van der Waals surface area contributed by atoms with E-state index in [-0.39, 0.29) is 5.60 Å². The summed E-state index contributed by atoms with van der Waals surface area (Å²) in [5, 5.41) is 0. The van der Waals surface area contributed by atoms with Gasteiger partial charge in [0.15, 0.2) is 0 Å². The zero-order valence-corrected chi connectivity index (χ0v) is 9.86. The molecule has 16 heavy (non-hydrogen) atoms. The number of furan rings is 1. The van der Waals surface area contributed by atoms with Gasteiger partial charge in [-0.1, -0.05) is 0 Å². The summed E-state index contributed by atoms with van der Waals surface area (Å²) in [6.45, 7) is 6.11. The molecule has 0 saturated carbocycles. The SMILES string of the molecule is CC(C)(C)Oc1ccc(-c2ccco2)cc1. The summed E-state index contributed by atoms with van der Waals surface area (Å²) in [5.41, 5.74) is 0.901. The van der Waals surface area contributed by atoms with Crippen LogP contribution in [0.1, 0.15) is 20.8 Å². The maximum absolute atomic E-state index is 5.74. The van der Waals surface area contributed by atoms with Crippen LogP contribution in [-0.4, -0.2) is 5.60 Å². The monoisotopic (exact) mass is 216 g/mol. The van der Waals surface area contributed by atoms with Crippen LogP contribution in [0, 0.1) is 0 Å². The fourth-order valence-electron chi connectivity index (χ4n) is 1.48. The second-order valence-electron chi connectivity index (χ2n) is 4.72. The molecule has 2 rings (SSSR count). The van der Waals surface area contributed by atoms with Gasteiger partial charge in [0.2, 0.25) is 0 Å². The lowest BCUT2D eigenvalue weighted by Crippen LogP contribution is -2.22. The molecule has 1 aromatic heterocycles. The normalized spacial score (nSPS) is 11.4. The first-order valence-electron chi connectivity index (χ1n) is 5.37. The van der Waals surface area contributed by atoms with Gasteiger partial charge in [-0.25, -0.2) is 0 Å². The Labute approximate surface area is 95.9 Å². The van der Waals surface area contributed by atoms with Crippen molar-refractivity contribution < 1.29 is 9.15 Å². The minimum atomic E-state index is -0.161. The minimum Gasteiger partial charge on any atom is -0.488 e. The Bertz CT molecular complexity index is 433. The minimum absolute atomic E-state index is 0.161. The summed E-state index contributed by atoms with van der Waals surface area (Å²) in [4.78, 5) is 0. The lowest BCUT2D eigenvalue weighted by Gasteiger charge is -2.21. The molecule has 0 bridgehead atoms. The zero-order valence-electron chi connectivity index (χ0n) is 9.86. The molecule has 1 aromatic carbocycles. The molecule has 0 aliphatic carbocycles. The highest BCUT2D eigenvalue weighted by atomic mass is 16.5. The van der Waals surface area contributed by atoms with Crippen LogP contribution in [0.5, 0.6) is 5.75 Å². The van der Waals surface area contributed by atoms with Crippen molar-refractivity contribution in [2.75, 3.05) is 0 Å². The van der Waals surface area contributed by atoms with Crippen molar-refractivity contribution in [3.05, 3.63) is 42.7 Å². The van der Waals surface area contributed by atoms with Crippen molar-refractivity contribution in [1.29, 1.82) is 0 Å². The van der Waals surface area contributed by atoms with Gasteiger partial charge < -0.3 is 9.15 Å². The Morgan fingerprint density at radius 3 is 2.19 bits per heavy atom. The van der Waals surface area contributed by atoms with Crippen molar-refractivity contribution in [3.63, 3.8) is 0 Å². The highest BCUT2D eigenvalue weighted by Gasteiger charge is 2.11. The molecule has 2 nitrogen and oxygen atoms in total. The van der Waals surface area contributed by atoms with E-state index in [2.05, 4.69) is 0 Å². The lowest BCUT2D eigenvalue weighted by molar-refractivity contribution is 0.131. The predicted octanol–water partition coefficient (Wildman–Crippen LogP) is 4.12. The van der Waals surface area contributed by atoms with Crippen molar-refractivity contribution in [3.8, 4) is 17.1 Å². The quantitative estimate of drug-likeness (QED) is 0.753. The van der Waals surface area contributed by atoms with Crippen LogP contribution in [0.25, 0.3) is 11.3 Å². The smallest absolute Gasteiger partial charge is 0.133 e. The molecule has 0 aliphatic heterocycles. The van der Waals surface area contributed by atoms with Crippen LogP contribution in [0.15, 0.2) is 47.1 Å². The molecule has 0 saturated heterocycles. The van der Waals surface area contributed by atoms with Gasteiger partial charge in [-0.05, 0) is 57.2 Å². The molecule has 2 heteroatoms. The highest BCUT2D eigenvalue weighted by molar-refractivity contribution is 5.58. The first-order chi connectivity index (χ1) is 7.54. The summed E-state index contributed by atoms with van der Waals surface area (Å²) in [5.74, 6) is 1.75. The first-order valence-corrected chi connectivity index (χ1v) is 5.37. The number of benzene rings is 1. The number of hydrogen-bond acceptors (Lipinski definition) is 2. The highest BCUT2D eigenvalue weighted by Crippen LogP contribution is 2.24. The number of hydrogen-bond donors (Lipinski definition) is 0. The van der Waals surface area contributed by atoms with Gasteiger partial charge in [0, 0.05) is 5.56 Å². The van der Waals surface area contributed by atoms with E-state index >= 15 is 0 Å². The van der Waals surface area contributed by atoms with E-state index in [1.807, 2.05) is 57.2 Å². The van der Waals surface area contributed by atoms with E-state index in [1.165, 1.54) is 0 Å². The van der Waals surface area contributed by atoms with Gasteiger partial charge in [0.05, 0.1) is 6.26 Å². The second-order valence-corrected chi connectivity index (χ2v) is 4.72. The largest absolute Gasteiger partial charge is 0.488 e. The van der Waals surface area contributed by atoms with Gasteiger partial charge in [-0.3, -0.25) is 0 Å². The summed E-state index contributed by atoms with van der Waals surface area (Å²) in [6, 6.07) is 11.8. The molecule has 0 aliphatic rings. The van der Waals surface area contributed by atoms with Crippen molar-refractivity contribution in [2.45, 2.75) is 26.4 Å². The molecule has 0 amide bonds. The molecule has 0 fully saturated rings. The maximum Gasteiger partial charge on any atom is 0.133 e. The van der Waals surface area contributed by atoms with Crippen molar-refractivity contribution >= 4 is 0 Å². The Morgan fingerprint density at radius 2 is 1.69 bits per heavy atom. The maximum atomic E-state index is 5.74. The first kappa shape index (κ1) is 10.8. The fourth-order valence-corrected chi connectivity index (χ4v) is 1.48. The van der Waals surface area contributed by atoms with Crippen molar-refractivity contribution in [1.82, 2.24) is 0 Å². The van der Waals surface area contributed by atoms with Gasteiger partial charge in [0.1, 0.15) is 17.1 Å². The predicted molar refractivity (Wildman–Crippen MR) is 64.5 cm³/mol. The molecule has 84 valence electrons. The topological polar surface area (TPSA) is 22.4 Å². The summed E-state index contributed by atoms with van der Waals surface area (Å²) < 4.78 is 11.1. The molecular formula is C14H16O2. The molecule has 2 aromatic rings. The Hall–Kier alpha value is -1.70. The van der Waals surface area contributed by atoms with Crippen LogP contribution < -0.4 is 4.74 Å². The number of ether oxygens (including phenoxy) is 1. The lowest BCUT2D eigenvalue weighted by atomic mass is 10.1. The van der Waals surface area contributed by atoms with Crippen LogP contribution >= 0.6 is 0 Å². The average Bonchev–Trinajstić information content (AvgIpc) is 2.69. The van der Waals surface area contributed by atoms with Crippen LogP contribution in [0.3, 0.4) is 0 Å². The Morgan fingerprint density at radius 1 is 1.00 bits per heavy atom. The third-order valence-electron chi connectivity index (χ3n) is 2.08. The molecular weight excluding hydrogens is 200 g/mol. The molecule has 0 atom stereocenters. The van der Waals surface area contributed by atoms with Crippen LogP contribution in [0.4, 0.5) is 0 Å². The number of rotatable bonds is 2. The summed E-state index contributed by atoms with van der Waals surface area (Å²) >= 11 is 0. The van der Waals surface area contributed by atoms with E-state index in [0.29, 0.717) is 0 Å². The van der Waals surface area contributed by atoms with Crippen molar-refractivity contribution in [2.24, 2.45) is 0 Å². The molecule has 0 spiro atoms. The molecule has 1 heterocycles. The average molecular weight is 216 g/mol.